The molecule has 0 saturated carbocycles. The van der Waals surface area contributed by atoms with Crippen LogP contribution in [0.25, 0.3) is 0 Å². The van der Waals surface area contributed by atoms with Gasteiger partial charge in [-0.25, -0.2) is 0 Å². The van der Waals surface area contributed by atoms with Gasteiger partial charge in [-0.3, -0.25) is 9.59 Å². The number of rotatable bonds is 62. The van der Waals surface area contributed by atoms with Crippen molar-refractivity contribution in [2.24, 2.45) is 0 Å². The van der Waals surface area contributed by atoms with E-state index in [0.29, 0.717) is 19.4 Å². The van der Waals surface area contributed by atoms with Crippen molar-refractivity contribution < 1.29 is 24.5 Å². The van der Waals surface area contributed by atoms with Crippen LogP contribution >= 0.6 is 0 Å². The van der Waals surface area contributed by atoms with Crippen molar-refractivity contribution >= 4 is 11.9 Å². The molecule has 0 aromatic heterocycles. The standard InChI is InChI=1S/C68H129NO5/c1-3-5-7-9-11-13-15-17-18-19-31-34-37-40-44-48-52-56-60-66(71)65(64-70)69-67(72)61-57-53-49-45-41-38-35-32-29-27-25-23-21-20-22-24-26-28-30-33-36-39-43-47-51-55-59-63-74-68(73)62-58-54-50-46-42-16-14-12-10-8-6-4-2/h20-21,24,26,56,60,65-66,70-71H,3-19,22-23,25,27-55,57-59,61-64H2,1-2H3,(H,69,72)/b21-20-,26-24-,60-56+. The average Bonchev–Trinajstić information content (AvgIpc) is 3.40. The fourth-order valence-corrected chi connectivity index (χ4v) is 10.3. The van der Waals surface area contributed by atoms with E-state index < -0.39 is 12.1 Å². The first-order valence-corrected chi connectivity index (χ1v) is 33.3. The summed E-state index contributed by atoms with van der Waals surface area (Å²) >= 11 is 0. The quantitative estimate of drug-likeness (QED) is 0.0320. The molecule has 0 spiro atoms. The molecule has 0 aromatic carbocycles. The highest BCUT2D eigenvalue weighted by atomic mass is 16.5. The summed E-state index contributed by atoms with van der Waals surface area (Å²) in [5.74, 6) is -0.0575. The molecule has 0 saturated heterocycles. The van der Waals surface area contributed by atoms with Gasteiger partial charge in [0.25, 0.3) is 0 Å². The van der Waals surface area contributed by atoms with Crippen LogP contribution in [0.2, 0.25) is 0 Å². The molecule has 0 radical (unpaired) electrons. The summed E-state index contributed by atoms with van der Waals surface area (Å²) in [5, 5.41) is 23.2. The molecule has 0 heterocycles. The highest BCUT2D eigenvalue weighted by Gasteiger charge is 2.18. The van der Waals surface area contributed by atoms with Crippen molar-refractivity contribution in [2.45, 2.75) is 373 Å². The van der Waals surface area contributed by atoms with Crippen LogP contribution in [0.4, 0.5) is 0 Å². The number of amides is 1. The molecule has 0 aliphatic heterocycles. The molecule has 0 bridgehead atoms. The lowest BCUT2D eigenvalue weighted by Crippen LogP contribution is -2.45. The van der Waals surface area contributed by atoms with E-state index in [4.69, 9.17) is 4.74 Å². The van der Waals surface area contributed by atoms with Crippen LogP contribution in [0.15, 0.2) is 36.5 Å². The zero-order valence-electron chi connectivity index (χ0n) is 49.8. The minimum Gasteiger partial charge on any atom is -0.466 e. The maximum Gasteiger partial charge on any atom is 0.305 e. The fourth-order valence-electron chi connectivity index (χ4n) is 10.3. The smallest absolute Gasteiger partial charge is 0.305 e. The number of aliphatic hydroxyl groups is 2. The first-order chi connectivity index (χ1) is 36.5. The van der Waals surface area contributed by atoms with Crippen LogP contribution in [0.3, 0.4) is 0 Å². The summed E-state index contributed by atoms with van der Waals surface area (Å²) in [6.45, 7) is 4.92. The predicted octanol–water partition coefficient (Wildman–Crippen LogP) is 21.1. The van der Waals surface area contributed by atoms with E-state index in [1.807, 2.05) is 6.08 Å². The minimum absolute atomic E-state index is 0.0111. The zero-order valence-corrected chi connectivity index (χ0v) is 49.8. The summed E-state index contributed by atoms with van der Waals surface area (Å²) in [5.41, 5.74) is 0. The zero-order chi connectivity index (χ0) is 53.6. The molecule has 0 aliphatic carbocycles. The van der Waals surface area contributed by atoms with Crippen LogP contribution in [0.5, 0.6) is 0 Å². The molecule has 436 valence electrons. The van der Waals surface area contributed by atoms with E-state index >= 15 is 0 Å². The Morgan fingerprint density at radius 2 is 0.676 bits per heavy atom. The largest absolute Gasteiger partial charge is 0.466 e. The van der Waals surface area contributed by atoms with Gasteiger partial charge in [0.15, 0.2) is 0 Å². The summed E-state index contributed by atoms with van der Waals surface area (Å²) in [6, 6.07) is -0.631. The van der Waals surface area contributed by atoms with Crippen LogP contribution in [0, 0.1) is 0 Å². The van der Waals surface area contributed by atoms with E-state index in [2.05, 4.69) is 43.5 Å². The van der Waals surface area contributed by atoms with Gasteiger partial charge >= 0.3 is 5.97 Å². The number of carbonyl (C=O) groups is 2. The van der Waals surface area contributed by atoms with Crippen LogP contribution < -0.4 is 5.32 Å². The second kappa shape index (κ2) is 63.6. The molecule has 1 amide bonds. The molecule has 0 aromatic rings. The van der Waals surface area contributed by atoms with Gasteiger partial charge in [-0.2, -0.15) is 0 Å². The van der Waals surface area contributed by atoms with Crippen molar-refractivity contribution in [3.05, 3.63) is 36.5 Å². The molecule has 0 rings (SSSR count). The Kier molecular flexibility index (Phi) is 62.0. The van der Waals surface area contributed by atoms with Gasteiger partial charge in [0.2, 0.25) is 5.91 Å². The van der Waals surface area contributed by atoms with Crippen molar-refractivity contribution in [3.8, 4) is 0 Å². The first-order valence-electron chi connectivity index (χ1n) is 33.3. The molecule has 6 nitrogen and oxygen atoms in total. The third kappa shape index (κ3) is 59.3. The number of hydrogen-bond donors (Lipinski definition) is 3. The van der Waals surface area contributed by atoms with Crippen molar-refractivity contribution in [2.75, 3.05) is 13.2 Å². The third-order valence-corrected chi connectivity index (χ3v) is 15.4. The number of hydrogen-bond acceptors (Lipinski definition) is 5. The van der Waals surface area contributed by atoms with E-state index in [9.17, 15) is 19.8 Å². The molecule has 0 aliphatic rings. The lowest BCUT2D eigenvalue weighted by molar-refractivity contribution is -0.143. The fraction of sp³-hybridized carbons (Fsp3) is 0.882. The van der Waals surface area contributed by atoms with Crippen LogP contribution in [-0.2, 0) is 14.3 Å². The topological polar surface area (TPSA) is 95.9 Å². The van der Waals surface area contributed by atoms with Gasteiger partial charge in [0, 0.05) is 12.8 Å². The van der Waals surface area contributed by atoms with Crippen LogP contribution in [0.1, 0.15) is 361 Å². The molecule has 0 fully saturated rings. The second-order valence-corrected chi connectivity index (χ2v) is 22.8. The molecule has 3 N–H and O–H groups in total. The number of aliphatic hydroxyl groups excluding tert-OH is 2. The van der Waals surface area contributed by atoms with Gasteiger partial charge in [0.1, 0.15) is 0 Å². The number of unbranched alkanes of at least 4 members (excludes halogenated alkanes) is 47. The molecular formula is C68H129NO5. The first kappa shape index (κ1) is 72.1. The van der Waals surface area contributed by atoms with Crippen molar-refractivity contribution in [3.63, 3.8) is 0 Å². The number of carbonyl (C=O) groups excluding carboxylic acids is 2. The van der Waals surface area contributed by atoms with E-state index in [1.165, 1.54) is 289 Å². The highest BCUT2D eigenvalue weighted by molar-refractivity contribution is 5.76. The molecule has 2 unspecified atom stereocenters. The second-order valence-electron chi connectivity index (χ2n) is 22.8. The van der Waals surface area contributed by atoms with Gasteiger partial charge in [-0.15, -0.1) is 0 Å². The SMILES string of the molecule is CCCCCCCCCCCCCCCCCC/C=C/C(O)C(CO)NC(=O)CCCCCCCCCCCCC/C=C\C/C=C\CCCCCCCCCCCOC(=O)CCCCCCCCCCCCCC. The Bertz CT molecular complexity index is 1200. The van der Waals surface area contributed by atoms with E-state index in [-0.39, 0.29) is 18.5 Å². The number of esters is 1. The Balaban J connectivity index is 3.45. The number of ether oxygens (including phenoxy) is 1. The van der Waals surface area contributed by atoms with Gasteiger partial charge in [-0.05, 0) is 64.2 Å². The molecular weight excluding hydrogens is 911 g/mol. The summed E-state index contributed by atoms with van der Waals surface area (Å²) in [7, 11) is 0. The van der Waals surface area contributed by atoms with Crippen molar-refractivity contribution in [1.29, 1.82) is 0 Å². The maximum atomic E-state index is 12.5. The molecule has 74 heavy (non-hydrogen) atoms. The monoisotopic (exact) mass is 1040 g/mol. The summed E-state index contributed by atoms with van der Waals surface area (Å²) in [4.78, 5) is 24.5. The summed E-state index contributed by atoms with van der Waals surface area (Å²) < 4.78 is 5.47. The van der Waals surface area contributed by atoms with Crippen molar-refractivity contribution in [1.82, 2.24) is 5.32 Å². The van der Waals surface area contributed by atoms with Gasteiger partial charge in [-0.1, -0.05) is 320 Å². The Hall–Kier alpha value is -1.92. The Morgan fingerprint density at radius 1 is 0.378 bits per heavy atom. The van der Waals surface area contributed by atoms with E-state index in [0.717, 1.165) is 44.9 Å². The predicted molar refractivity (Wildman–Crippen MR) is 324 cm³/mol. The third-order valence-electron chi connectivity index (χ3n) is 15.4. The van der Waals surface area contributed by atoms with Gasteiger partial charge in [0.05, 0.1) is 25.4 Å². The Morgan fingerprint density at radius 3 is 1.03 bits per heavy atom. The van der Waals surface area contributed by atoms with Crippen LogP contribution in [-0.4, -0.2) is 47.4 Å². The molecule has 6 heteroatoms. The maximum absolute atomic E-state index is 12.5. The Labute approximate surface area is 462 Å². The lowest BCUT2D eigenvalue weighted by Gasteiger charge is -2.20. The highest BCUT2D eigenvalue weighted by Crippen LogP contribution is 2.18. The van der Waals surface area contributed by atoms with Gasteiger partial charge < -0.3 is 20.3 Å². The minimum atomic E-state index is -0.847. The summed E-state index contributed by atoms with van der Waals surface area (Å²) in [6.07, 6.45) is 80.6. The normalized spacial score (nSPS) is 12.8. The number of allylic oxidation sites excluding steroid dienone is 5. The molecule has 2 atom stereocenters. The lowest BCUT2D eigenvalue weighted by atomic mass is 10.0. The number of nitrogens with one attached hydrogen (secondary N) is 1. The van der Waals surface area contributed by atoms with E-state index in [1.54, 1.807) is 6.08 Å². The average molecular weight is 1040 g/mol.